The number of hydrogen-bond donors (Lipinski definition) is 1. The summed E-state index contributed by atoms with van der Waals surface area (Å²) in [5, 5.41) is 1.17. The zero-order valence-corrected chi connectivity index (χ0v) is 18.0. The molecule has 0 unspecified atom stereocenters. The maximum atomic E-state index is 12.1. The average molecular weight is 386 g/mol. The summed E-state index contributed by atoms with van der Waals surface area (Å²) in [6.45, 7) is 4.87. The second-order valence-corrected chi connectivity index (χ2v) is 8.02. The van der Waals surface area contributed by atoms with Crippen LogP contribution < -0.4 is 0 Å². The molecule has 28 heavy (non-hydrogen) atoms. The summed E-state index contributed by atoms with van der Waals surface area (Å²) in [5.41, 5.74) is 2.94. The number of nitrogens with one attached hydrogen (secondary N) is 1. The minimum Gasteiger partial charge on any atom is -0.462 e. The topological polar surface area (TPSA) is 42.1 Å². The molecule has 156 valence electrons. The third-order valence-corrected chi connectivity index (χ3v) is 5.44. The van der Waals surface area contributed by atoms with E-state index >= 15 is 0 Å². The van der Waals surface area contributed by atoms with Crippen LogP contribution in [0, 0.1) is 0 Å². The summed E-state index contributed by atoms with van der Waals surface area (Å²) in [7, 11) is 0. The van der Waals surface area contributed by atoms with Crippen LogP contribution in [0.5, 0.6) is 0 Å². The van der Waals surface area contributed by atoms with Crippen LogP contribution in [0.25, 0.3) is 10.9 Å². The molecule has 0 aliphatic carbocycles. The van der Waals surface area contributed by atoms with Gasteiger partial charge < -0.3 is 9.72 Å². The maximum absolute atomic E-state index is 12.1. The quantitative estimate of drug-likeness (QED) is 0.253. The van der Waals surface area contributed by atoms with E-state index in [0.29, 0.717) is 12.2 Å². The number of carbonyl (C=O) groups is 1. The van der Waals surface area contributed by atoms with Crippen LogP contribution in [0.1, 0.15) is 107 Å². The Hall–Kier alpha value is -1.77. The van der Waals surface area contributed by atoms with Gasteiger partial charge in [-0.25, -0.2) is 4.79 Å². The van der Waals surface area contributed by atoms with Gasteiger partial charge in [-0.1, -0.05) is 84.1 Å². The summed E-state index contributed by atoms with van der Waals surface area (Å²) >= 11 is 0. The minimum atomic E-state index is -0.221. The molecule has 0 aliphatic heterocycles. The smallest absolute Gasteiger partial charge is 0.338 e. The number of rotatable bonds is 15. The molecule has 1 N–H and O–H groups in total. The van der Waals surface area contributed by atoms with Crippen LogP contribution in [-0.4, -0.2) is 17.6 Å². The van der Waals surface area contributed by atoms with Gasteiger partial charge in [0.25, 0.3) is 0 Å². The van der Waals surface area contributed by atoms with Crippen molar-refractivity contribution in [1.29, 1.82) is 0 Å². The van der Waals surface area contributed by atoms with Crippen LogP contribution in [0.4, 0.5) is 0 Å². The van der Waals surface area contributed by atoms with Gasteiger partial charge in [-0.15, -0.1) is 0 Å². The number of benzene rings is 1. The molecule has 0 bridgehead atoms. The lowest BCUT2D eigenvalue weighted by Gasteiger charge is -2.03. The van der Waals surface area contributed by atoms with E-state index in [1.807, 2.05) is 18.2 Å². The number of carbonyl (C=O) groups excluding carboxylic acids is 1. The number of ether oxygens (including phenoxy) is 1. The molecule has 1 aromatic carbocycles. The zero-order valence-electron chi connectivity index (χ0n) is 18.0. The number of esters is 1. The van der Waals surface area contributed by atoms with Crippen molar-refractivity contribution in [3.63, 3.8) is 0 Å². The Labute approximate surface area is 171 Å². The van der Waals surface area contributed by atoms with Gasteiger partial charge in [0.15, 0.2) is 0 Å². The highest BCUT2D eigenvalue weighted by atomic mass is 16.5. The van der Waals surface area contributed by atoms with Crippen LogP contribution in [0.2, 0.25) is 0 Å². The number of fused-ring (bicyclic) bond motifs is 1. The van der Waals surface area contributed by atoms with E-state index in [1.54, 1.807) is 0 Å². The number of H-pyrrole nitrogens is 1. The Morgan fingerprint density at radius 3 is 2.14 bits per heavy atom. The van der Waals surface area contributed by atoms with Gasteiger partial charge in [0.05, 0.1) is 12.2 Å². The highest BCUT2D eigenvalue weighted by Gasteiger charge is 2.09. The normalized spacial score (nSPS) is 11.2. The van der Waals surface area contributed by atoms with E-state index in [2.05, 4.69) is 24.9 Å². The van der Waals surface area contributed by atoms with Crippen LogP contribution in [-0.2, 0) is 11.2 Å². The lowest BCUT2D eigenvalue weighted by molar-refractivity contribution is 0.0500. The van der Waals surface area contributed by atoms with Gasteiger partial charge in [0, 0.05) is 11.2 Å². The van der Waals surface area contributed by atoms with E-state index in [9.17, 15) is 4.79 Å². The summed E-state index contributed by atoms with van der Waals surface area (Å²) in [6.07, 6.45) is 16.7. The molecule has 0 atom stereocenters. The number of hydrogen-bond acceptors (Lipinski definition) is 2. The molecule has 0 saturated carbocycles. The van der Waals surface area contributed by atoms with Crippen molar-refractivity contribution in [3.8, 4) is 0 Å². The molecule has 1 heterocycles. The first kappa shape index (κ1) is 22.5. The van der Waals surface area contributed by atoms with Crippen molar-refractivity contribution < 1.29 is 9.53 Å². The molecule has 0 fully saturated rings. The van der Waals surface area contributed by atoms with Gasteiger partial charge in [-0.3, -0.25) is 0 Å². The molecule has 0 saturated heterocycles. The Bertz CT molecular complexity index is 689. The second-order valence-electron chi connectivity index (χ2n) is 8.02. The first-order valence-electron chi connectivity index (χ1n) is 11.5. The first-order valence-corrected chi connectivity index (χ1v) is 11.5. The van der Waals surface area contributed by atoms with Crippen molar-refractivity contribution >= 4 is 16.9 Å². The molecule has 0 radical (unpaired) electrons. The summed E-state index contributed by atoms with van der Waals surface area (Å²) in [4.78, 5) is 15.6. The van der Waals surface area contributed by atoms with Gasteiger partial charge in [0.1, 0.15) is 0 Å². The number of aromatic nitrogens is 1. The summed E-state index contributed by atoms with van der Waals surface area (Å²) in [6, 6.07) is 8.03. The van der Waals surface area contributed by atoms with Gasteiger partial charge in [0.2, 0.25) is 0 Å². The third-order valence-electron chi connectivity index (χ3n) is 5.44. The monoisotopic (exact) mass is 385 g/mol. The van der Waals surface area contributed by atoms with Crippen molar-refractivity contribution in [2.75, 3.05) is 6.61 Å². The molecule has 3 nitrogen and oxygen atoms in total. The molecule has 2 rings (SSSR count). The summed E-state index contributed by atoms with van der Waals surface area (Å²) in [5.74, 6) is -0.221. The predicted octanol–water partition coefficient (Wildman–Crippen LogP) is 7.59. The fourth-order valence-corrected chi connectivity index (χ4v) is 3.64. The van der Waals surface area contributed by atoms with Crippen LogP contribution in [0.15, 0.2) is 24.3 Å². The van der Waals surface area contributed by atoms with E-state index < -0.39 is 0 Å². The maximum Gasteiger partial charge on any atom is 0.338 e. The molecule has 1 aromatic heterocycles. The number of aromatic amines is 1. The minimum absolute atomic E-state index is 0.221. The molecular formula is C25H39NO2. The highest BCUT2D eigenvalue weighted by Crippen LogP contribution is 2.20. The molecule has 0 amide bonds. The third kappa shape index (κ3) is 8.08. The Morgan fingerprint density at radius 2 is 1.46 bits per heavy atom. The van der Waals surface area contributed by atoms with Crippen molar-refractivity contribution in [2.45, 2.75) is 97.3 Å². The zero-order chi connectivity index (χ0) is 20.0. The Kier molecular flexibility index (Phi) is 10.8. The second kappa shape index (κ2) is 13.4. The Balaban J connectivity index is 1.67. The molecule has 0 spiro atoms. The van der Waals surface area contributed by atoms with E-state index in [4.69, 9.17) is 4.74 Å². The lowest BCUT2D eigenvalue weighted by Crippen LogP contribution is -2.06. The SMILES string of the molecule is CCCCCCCCCCCCc1cc2ccc(C(=O)OCCCC)cc2[nH]1. The van der Waals surface area contributed by atoms with Crippen molar-refractivity contribution in [3.05, 3.63) is 35.5 Å². The van der Waals surface area contributed by atoms with Crippen LogP contribution >= 0.6 is 0 Å². The standard InChI is InChI=1S/C25H39NO2/c1-3-5-7-8-9-10-11-12-13-14-15-23-19-21-16-17-22(20-24(21)26-23)25(27)28-18-6-4-2/h16-17,19-20,26H,3-15,18H2,1-2H3. The predicted molar refractivity (Wildman–Crippen MR) is 119 cm³/mol. The number of unbranched alkanes of at least 4 members (excludes halogenated alkanes) is 10. The molecule has 0 aliphatic rings. The average Bonchev–Trinajstić information content (AvgIpc) is 3.11. The fourth-order valence-electron chi connectivity index (χ4n) is 3.64. The fraction of sp³-hybridized carbons (Fsp3) is 0.640. The first-order chi connectivity index (χ1) is 13.7. The van der Waals surface area contributed by atoms with Gasteiger partial charge in [-0.2, -0.15) is 0 Å². The van der Waals surface area contributed by atoms with Gasteiger partial charge >= 0.3 is 5.97 Å². The number of aryl methyl sites for hydroxylation is 1. The Morgan fingerprint density at radius 1 is 0.821 bits per heavy atom. The van der Waals surface area contributed by atoms with E-state index in [-0.39, 0.29) is 5.97 Å². The molecular weight excluding hydrogens is 346 g/mol. The van der Waals surface area contributed by atoms with Crippen molar-refractivity contribution in [2.24, 2.45) is 0 Å². The molecule has 3 heteroatoms. The highest BCUT2D eigenvalue weighted by molar-refractivity contribution is 5.94. The van der Waals surface area contributed by atoms with Crippen molar-refractivity contribution in [1.82, 2.24) is 4.98 Å². The lowest BCUT2D eigenvalue weighted by atomic mass is 10.1. The van der Waals surface area contributed by atoms with E-state index in [1.165, 1.54) is 75.3 Å². The largest absolute Gasteiger partial charge is 0.462 e. The van der Waals surface area contributed by atoms with E-state index in [0.717, 1.165) is 24.8 Å². The van der Waals surface area contributed by atoms with Gasteiger partial charge in [-0.05, 0) is 42.8 Å². The van der Waals surface area contributed by atoms with Crippen LogP contribution in [0.3, 0.4) is 0 Å². The molecule has 2 aromatic rings. The summed E-state index contributed by atoms with van der Waals surface area (Å²) < 4.78 is 5.31.